The van der Waals surface area contributed by atoms with Crippen molar-refractivity contribution in [3.05, 3.63) is 48.0 Å². The SMILES string of the molecule is C=C(C)CNC(=S)N(CCC#N)Cc1ccccc1. The van der Waals surface area contributed by atoms with Gasteiger partial charge in [0.2, 0.25) is 0 Å². The minimum absolute atomic E-state index is 0.460. The molecule has 0 aliphatic rings. The Morgan fingerprint density at radius 3 is 2.68 bits per heavy atom. The highest BCUT2D eigenvalue weighted by Gasteiger charge is 2.09. The second-order valence-electron chi connectivity index (χ2n) is 4.43. The van der Waals surface area contributed by atoms with E-state index in [-0.39, 0.29) is 0 Å². The van der Waals surface area contributed by atoms with Crippen LogP contribution in [0.5, 0.6) is 0 Å². The lowest BCUT2D eigenvalue weighted by Gasteiger charge is -2.25. The van der Waals surface area contributed by atoms with Crippen molar-refractivity contribution in [2.24, 2.45) is 0 Å². The van der Waals surface area contributed by atoms with Crippen LogP contribution in [0.25, 0.3) is 0 Å². The van der Waals surface area contributed by atoms with Crippen molar-refractivity contribution >= 4 is 17.3 Å². The predicted molar refractivity (Wildman–Crippen MR) is 82.5 cm³/mol. The third-order valence-electron chi connectivity index (χ3n) is 2.54. The fourth-order valence-electron chi connectivity index (χ4n) is 1.58. The molecule has 3 nitrogen and oxygen atoms in total. The van der Waals surface area contributed by atoms with Crippen molar-refractivity contribution in [1.82, 2.24) is 10.2 Å². The Labute approximate surface area is 120 Å². The summed E-state index contributed by atoms with van der Waals surface area (Å²) in [5.41, 5.74) is 2.21. The van der Waals surface area contributed by atoms with Crippen LogP contribution in [-0.4, -0.2) is 23.1 Å². The first-order valence-electron chi connectivity index (χ1n) is 6.21. The Balaban J connectivity index is 2.63. The molecule has 0 heterocycles. The molecular formula is C15H19N3S. The van der Waals surface area contributed by atoms with Gasteiger partial charge in [-0.05, 0) is 24.7 Å². The van der Waals surface area contributed by atoms with Gasteiger partial charge in [0.25, 0.3) is 0 Å². The lowest BCUT2D eigenvalue weighted by Crippen LogP contribution is -2.40. The van der Waals surface area contributed by atoms with Gasteiger partial charge in [-0.25, -0.2) is 0 Å². The molecule has 0 aromatic heterocycles. The number of nitriles is 1. The summed E-state index contributed by atoms with van der Waals surface area (Å²) in [4.78, 5) is 2.01. The smallest absolute Gasteiger partial charge is 0.169 e. The largest absolute Gasteiger partial charge is 0.359 e. The van der Waals surface area contributed by atoms with E-state index in [1.807, 2.05) is 30.0 Å². The van der Waals surface area contributed by atoms with Gasteiger partial charge in [0.15, 0.2) is 5.11 Å². The average molecular weight is 273 g/mol. The van der Waals surface area contributed by atoms with E-state index < -0.39 is 0 Å². The molecule has 1 aromatic rings. The van der Waals surface area contributed by atoms with E-state index in [0.29, 0.717) is 31.2 Å². The number of hydrogen-bond donors (Lipinski definition) is 1. The second-order valence-corrected chi connectivity index (χ2v) is 4.82. The zero-order chi connectivity index (χ0) is 14.1. The second kappa shape index (κ2) is 8.28. The van der Waals surface area contributed by atoms with Crippen molar-refractivity contribution in [3.63, 3.8) is 0 Å². The summed E-state index contributed by atoms with van der Waals surface area (Å²) in [5.74, 6) is 0. The Hall–Kier alpha value is -1.86. The maximum Gasteiger partial charge on any atom is 0.169 e. The van der Waals surface area contributed by atoms with Gasteiger partial charge < -0.3 is 10.2 Å². The van der Waals surface area contributed by atoms with Gasteiger partial charge in [0.1, 0.15) is 0 Å². The van der Waals surface area contributed by atoms with Crippen LogP contribution in [0.3, 0.4) is 0 Å². The summed E-state index contributed by atoms with van der Waals surface area (Å²) < 4.78 is 0. The molecular weight excluding hydrogens is 254 g/mol. The molecule has 0 spiro atoms. The van der Waals surface area contributed by atoms with Gasteiger partial charge in [-0.1, -0.05) is 42.5 Å². The summed E-state index contributed by atoms with van der Waals surface area (Å²) in [7, 11) is 0. The number of nitrogens with one attached hydrogen (secondary N) is 1. The summed E-state index contributed by atoms with van der Waals surface area (Å²) >= 11 is 5.37. The highest BCUT2D eigenvalue weighted by Crippen LogP contribution is 2.05. The van der Waals surface area contributed by atoms with Crippen molar-refractivity contribution in [2.45, 2.75) is 19.9 Å². The molecule has 100 valence electrons. The molecule has 0 fully saturated rings. The normalized spacial score (nSPS) is 9.47. The van der Waals surface area contributed by atoms with Gasteiger partial charge >= 0.3 is 0 Å². The Kier molecular flexibility index (Phi) is 6.62. The molecule has 0 saturated carbocycles. The van der Waals surface area contributed by atoms with Crippen LogP contribution in [-0.2, 0) is 6.54 Å². The molecule has 0 radical (unpaired) electrons. The first-order chi connectivity index (χ1) is 9.13. The first kappa shape index (κ1) is 15.2. The lowest BCUT2D eigenvalue weighted by atomic mass is 10.2. The fraction of sp³-hybridized carbons (Fsp3) is 0.333. The van der Waals surface area contributed by atoms with Crippen molar-refractivity contribution < 1.29 is 0 Å². The van der Waals surface area contributed by atoms with E-state index in [4.69, 9.17) is 17.5 Å². The molecule has 0 saturated heterocycles. The van der Waals surface area contributed by atoms with E-state index >= 15 is 0 Å². The van der Waals surface area contributed by atoms with Crippen LogP contribution >= 0.6 is 12.2 Å². The summed E-state index contributed by atoms with van der Waals surface area (Å²) in [5, 5.41) is 12.6. The molecule has 19 heavy (non-hydrogen) atoms. The van der Waals surface area contributed by atoms with E-state index in [0.717, 1.165) is 5.57 Å². The summed E-state index contributed by atoms with van der Waals surface area (Å²) in [6.45, 7) is 7.80. The van der Waals surface area contributed by atoms with Crippen LogP contribution in [0.2, 0.25) is 0 Å². The van der Waals surface area contributed by atoms with Gasteiger partial charge in [-0.15, -0.1) is 0 Å². The summed E-state index contributed by atoms with van der Waals surface area (Å²) in [6, 6.07) is 12.3. The van der Waals surface area contributed by atoms with Crippen LogP contribution in [0.15, 0.2) is 42.5 Å². The maximum absolute atomic E-state index is 8.73. The van der Waals surface area contributed by atoms with Crippen LogP contribution in [0.1, 0.15) is 18.9 Å². The number of benzene rings is 1. The Morgan fingerprint density at radius 1 is 1.42 bits per heavy atom. The lowest BCUT2D eigenvalue weighted by molar-refractivity contribution is 0.415. The number of nitrogens with zero attached hydrogens (tertiary/aromatic N) is 2. The van der Waals surface area contributed by atoms with Gasteiger partial charge in [0.05, 0.1) is 12.5 Å². The average Bonchev–Trinajstić information content (AvgIpc) is 2.41. The molecule has 1 N–H and O–H groups in total. The highest BCUT2D eigenvalue weighted by atomic mass is 32.1. The topological polar surface area (TPSA) is 39.1 Å². The number of rotatable bonds is 6. The monoisotopic (exact) mass is 273 g/mol. The summed E-state index contributed by atoms with van der Waals surface area (Å²) in [6.07, 6.45) is 0.460. The van der Waals surface area contributed by atoms with Crippen molar-refractivity contribution in [1.29, 1.82) is 5.26 Å². The van der Waals surface area contributed by atoms with Crippen LogP contribution in [0, 0.1) is 11.3 Å². The van der Waals surface area contributed by atoms with E-state index in [1.54, 1.807) is 0 Å². The highest BCUT2D eigenvalue weighted by molar-refractivity contribution is 7.80. The number of thiocarbonyl (C=S) groups is 1. The molecule has 0 unspecified atom stereocenters. The molecule has 4 heteroatoms. The minimum atomic E-state index is 0.460. The predicted octanol–water partition coefficient (Wildman–Crippen LogP) is 2.85. The van der Waals surface area contributed by atoms with Crippen LogP contribution in [0.4, 0.5) is 0 Å². The van der Waals surface area contributed by atoms with Gasteiger partial charge in [-0.2, -0.15) is 5.26 Å². The molecule has 1 rings (SSSR count). The van der Waals surface area contributed by atoms with E-state index in [2.05, 4.69) is 30.1 Å². The first-order valence-corrected chi connectivity index (χ1v) is 6.62. The zero-order valence-electron chi connectivity index (χ0n) is 11.2. The molecule has 0 atom stereocenters. The molecule has 0 aliphatic carbocycles. The van der Waals surface area contributed by atoms with Crippen molar-refractivity contribution in [2.75, 3.05) is 13.1 Å². The van der Waals surface area contributed by atoms with E-state index in [9.17, 15) is 0 Å². The van der Waals surface area contributed by atoms with E-state index in [1.165, 1.54) is 5.56 Å². The molecule has 0 bridgehead atoms. The van der Waals surface area contributed by atoms with Crippen LogP contribution < -0.4 is 5.32 Å². The fourth-order valence-corrected chi connectivity index (χ4v) is 1.81. The quantitative estimate of drug-likeness (QED) is 0.639. The van der Waals surface area contributed by atoms with Gasteiger partial charge in [-0.3, -0.25) is 0 Å². The zero-order valence-corrected chi connectivity index (χ0v) is 12.0. The van der Waals surface area contributed by atoms with Gasteiger partial charge in [0, 0.05) is 19.6 Å². The minimum Gasteiger partial charge on any atom is -0.359 e. The Morgan fingerprint density at radius 2 is 2.11 bits per heavy atom. The third kappa shape index (κ3) is 6.03. The van der Waals surface area contributed by atoms with Crippen molar-refractivity contribution in [3.8, 4) is 6.07 Å². The molecule has 0 amide bonds. The number of hydrogen-bond acceptors (Lipinski definition) is 2. The third-order valence-corrected chi connectivity index (χ3v) is 2.94. The standard InChI is InChI=1S/C15H19N3S/c1-13(2)11-17-15(19)18(10-6-9-16)12-14-7-4-3-5-8-14/h3-5,7-8H,1,6,10-12H2,2H3,(H,17,19). The molecule has 0 aliphatic heterocycles. The Bertz CT molecular complexity index is 462. The maximum atomic E-state index is 8.73. The molecule has 1 aromatic carbocycles.